The lowest BCUT2D eigenvalue weighted by Gasteiger charge is -2.17. The summed E-state index contributed by atoms with van der Waals surface area (Å²) in [7, 11) is -2.00. The molecule has 122 valence electrons. The second kappa shape index (κ2) is 7.59. The zero-order valence-electron chi connectivity index (χ0n) is 12.7. The minimum Gasteiger partial charge on any atom is -0.386 e. The number of aliphatic imine (C=N–C) groups is 1. The summed E-state index contributed by atoms with van der Waals surface area (Å²) in [6.45, 7) is 0.308. The van der Waals surface area contributed by atoms with Crippen molar-refractivity contribution in [3.63, 3.8) is 0 Å². The Balaban J connectivity index is 2.19. The molecule has 0 spiro atoms. The number of amidine groups is 1. The van der Waals surface area contributed by atoms with Gasteiger partial charge in [-0.1, -0.05) is 30.3 Å². The number of sulfonamides is 1. The van der Waals surface area contributed by atoms with Crippen LogP contribution in [0.3, 0.4) is 0 Å². The second-order valence-corrected chi connectivity index (χ2v) is 7.29. The van der Waals surface area contributed by atoms with Crippen molar-refractivity contribution in [1.82, 2.24) is 4.31 Å². The molecule has 0 unspecified atom stereocenters. The Bertz CT molecular complexity index is 775. The first-order valence-electron chi connectivity index (χ1n) is 6.93. The van der Waals surface area contributed by atoms with Crippen molar-refractivity contribution in [2.45, 2.75) is 11.4 Å². The summed E-state index contributed by atoms with van der Waals surface area (Å²) >= 11 is 5.57. The van der Waals surface area contributed by atoms with E-state index < -0.39 is 10.0 Å². The first-order valence-corrected chi connectivity index (χ1v) is 8.90. The number of nitrogens with zero attached hydrogens (tertiary/aromatic N) is 2. The summed E-state index contributed by atoms with van der Waals surface area (Å²) < 4.78 is 26.5. The van der Waals surface area contributed by atoms with Crippen LogP contribution in [-0.4, -0.2) is 31.5 Å². The highest BCUT2D eigenvalue weighted by Gasteiger charge is 2.20. The Kier molecular flexibility index (Phi) is 5.76. The minimum atomic E-state index is -3.56. The third-order valence-electron chi connectivity index (χ3n) is 3.20. The molecule has 0 saturated heterocycles. The van der Waals surface area contributed by atoms with Gasteiger partial charge in [0.2, 0.25) is 10.0 Å². The van der Waals surface area contributed by atoms with Crippen LogP contribution in [0, 0.1) is 0 Å². The van der Waals surface area contributed by atoms with Gasteiger partial charge in [0.25, 0.3) is 0 Å². The fourth-order valence-corrected chi connectivity index (χ4v) is 3.21. The van der Waals surface area contributed by atoms with Gasteiger partial charge in [0.05, 0.1) is 16.5 Å². The number of benzene rings is 2. The molecule has 2 N–H and O–H groups in total. The van der Waals surface area contributed by atoms with Crippen LogP contribution in [0.2, 0.25) is 0 Å². The first-order chi connectivity index (χ1) is 10.9. The van der Waals surface area contributed by atoms with E-state index in [4.69, 9.17) is 17.3 Å². The van der Waals surface area contributed by atoms with E-state index in [2.05, 4.69) is 4.99 Å². The monoisotopic (exact) mass is 351 g/mol. The van der Waals surface area contributed by atoms with Crippen LogP contribution in [0.15, 0.2) is 64.5 Å². The fraction of sp³-hybridized carbons (Fsp3) is 0.188. The van der Waals surface area contributed by atoms with Crippen LogP contribution in [-0.2, 0) is 16.6 Å². The largest absolute Gasteiger partial charge is 0.386 e. The van der Waals surface area contributed by atoms with Gasteiger partial charge in [-0.05, 0) is 29.8 Å². The number of halogens is 1. The predicted octanol–water partition coefficient (Wildman–Crippen LogP) is 2.73. The Morgan fingerprint density at radius 2 is 1.74 bits per heavy atom. The maximum atomic E-state index is 12.6. The molecule has 0 aromatic heterocycles. The molecule has 2 aromatic rings. The summed E-state index contributed by atoms with van der Waals surface area (Å²) in [6.07, 6.45) is 0. The van der Waals surface area contributed by atoms with E-state index in [1.807, 2.05) is 30.3 Å². The molecule has 0 amide bonds. The van der Waals surface area contributed by atoms with Gasteiger partial charge in [0, 0.05) is 13.6 Å². The molecule has 0 bridgehead atoms. The summed E-state index contributed by atoms with van der Waals surface area (Å²) in [4.78, 5) is 4.28. The van der Waals surface area contributed by atoms with Gasteiger partial charge < -0.3 is 5.73 Å². The molecule has 7 heteroatoms. The number of hydrogen-bond donors (Lipinski definition) is 1. The van der Waals surface area contributed by atoms with E-state index in [1.165, 1.54) is 16.4 Å². The molecule has 0 atom stereocenters. The van der Waals surface area contributed by atoms with E-state index in [9.17, 15) is 8.42 Å². The third kappa shape index (κ3) is 4.54. The molecular formula is C16H18ClN3O2S. The van der Waals surface area contributed by atoms with E-state index in [-0.39, 0.29) is 16.6 Å². The van der Waals surface area contributed by atoms with Crippen molar-refractivity contribution in [2.75, 3.05) is 12.9 Å². The van der Waals surface area contributed by atoms with Crippen LogP contribution < -0.4 is 5.73 Å². The zero-order chi connectivity index (χ0) is 16.9. The number of nitrogens with two attached hydrogens (primary N) is 1. The summed E-state index contributed by atoms with van der Waals surface area (Å²) in [5.74, 6) is 0.406. The van der Waals surface area contributed by atoms with Gasteiger partial charge >= 0.3 is 0 Å². The van der Waals surface area contributed by atoms with Crippen molar-refractivity contribution in [1.29, 1.82) is 0 Å². The van der Waals surface area contributed by atoms with Crippen molar-refractivity contribution >= 4 is 33.1 Å². The quantitative estimate of drug-likeness (QED) is 0.494. The maximum Gasteiger partial charge on any atom is 0.243 e. The molecule has 0 aliphatic rings. The standard InChI is InChI=1S/C16H18ClN3O2S/c1-20(12-13-5-3-2-4-6-13)23(21,22)15-9-7-14(8-10-15)19-16(18)11-17/h2-10H,11-12H2,1H3,(H2,18,19). The molecule has 0 aliphatic carbocycles. The SMILES string of the molecule is CN(Cc1ccccc1)S(=O)(=O)c1ccc(N=C(N)CCl)cc1. The highest BCUT2D eigenvalue weighted by Crippen LogP contribution is 2.20. The van der Waals surface area contributed by atoms with Crippen LogP contribution in [0.4, 0.5) is 5.69 Å². The average molecular weight is 352 g/mol. The zero-order valence-corrected chi connectivity index (χ0v) is 14.3. The van der Waals surface area contributed by atoms with Gasteiger partial charge in [-0.25, -0.2) is 13.4 Å². The molecule has 0 radical (unpaired) electrons. The smallest absolute Gasteiger partial charge is 0.243 e. The summed E-state index contributed by atoms with van der Waals surface area (Å²) in [5, 5.41) is 0. The maximum absolute atomic E-state index is 12.6. The van der Waals surface area contributed by atoms with Crippen LogP contribution in [0.5, 0.6) is 0 Å². The predicted molar refractivity (Wildman–Crippen MR) is 93.5 cm³/mol. The topological polar surface area (TPSA) is 75.8 Å². The molecule has 2 aromatic carbocycles. The van der Waals surface area contributed by atoms with E-state index in [0.717, 1.165) is 5.56 Å². The summed E-state index contributed by atoms with van der Waals surface area (Å²) in [6, 6.07) is 15.6. The molecule has 5 nitrogen and oxygen atoms in total. The highest BCUT2D eigenvalue weighted by atomic mass is 35.5. The van der Waals surface area contributed by atoms with Crippen LogP contribution in [0.25, 0.3) is 0 Å². The molecule has 2 rings (SSSR count). The highest BCUT2D eigenvalue weighted by molar-refractivity contribution is 7.89. The van der Waals surface area contributed by atoms with Crippen molar-refractivity contribution in [2.24, 2.45) is 10.7 Å². The Labute approximate surface area is 141 Å². The normalized spacial score (nSPS) is 12.6. The Hall–Kier alpha value is -1.89. The van der Waals surface area contributed by atoms with Crippen LogP contribution >= 0.6 is 11.6 Å². The number of alkyl halides is 1. The van der Waals surface area contributed by atoms with Crippen LogP contribution in [0.1, 0.15) is 5.56 Å². The van der Waals surface area contributed by atoms with Crippen molar-refractivity contribution < 1.29 is 8.42 Å². The molecule has 0 heterocycles. The van der Waals surface area contributed by atoms with Gasteiger partial charge in [-0.15, -0.1) is 11.6 Å². The molecule has 23 heavy (non-hydrogen) atoms. The summed E-state index contributed by atoms with van der Waals surface area (Å²) in [5.41, 5.74) is 7.04. The van der Waals surface area contributed by atoms with Gasteiger partial charge in [-0.2, -0.15) is 4.31 Å². The lowest BCUT2D eigenvalue weighted by molar-refractivity contribution is 0.467. The van der Waals surface area contributed by atoms with Crippen molar-refractivity contribution in [3.8, 4) is 0 Å². The molecular weight excluding hydrogens is 334 g/mol. The lowest BCUT2D eigenvalue weighted by atomic mass is 10.2. The Morgan fingerprint density at radius 1 is 1.13 bits per heavy atom. The molecule has 0 saturated carbocycles. The van der Waals surface area contributed by atoms with Crippen molar-refractivity contribution in [3.05, 3.63) is 60.2 Å². The lowest BCUT2D eigenvalue weighted by Crippen LogP contribution is -2.26. The van der Waals surface area contributed by atoms with E-state index in [0.29, 0.717) is 12.2 Å². The Morgan fingerprint density at radius 3 is 2.30 bits per heavy atom. The minimum absolute atomic E-state index is 0.125. The number of hydrogen-bond acceptors (Lipinski definition) is 3. The van der Waals surface area contributed by atoms with Gasteiger partial charge in [0.1, 0.15) is 5.84 Å². The molecule has 0 fully saturated rings. The van der Waals surface area contributed by atoms with Gasteiger partial charge in [0.15, 0.2) is 0 Å². The second-order valence-electron chi connectivity index (χ2n) is 4.98. The number of rotatable bonds is 6. The van der Waals surface area contributed by atoms with E-state index >= 15 is 0 Å². The average Bonchev–Trinajstić information content (AvgIpc) is 2.56. The van der Waals surface area contributed by atoms with E-state index in [1.54, 1.807) is 19.2 Å². The first kappa shape index (κ1) is 17.5. The van der Waals surface area contributed by atoms with Gasteiger partial charge in [-0.3, -0.25) is 0 Å². The fourth-order valence-electron chi connectivity index (χ4n) is 1.99. The third-order valence-corrected chi connectivity index (χ3v) is 5.29. The molecule has 0 aliphatic heterocycles.